The highest BCUT2D eigenvalue weighted by molar-refractivity contribution is 14.1. The number of anilines is 1. The molecule has 2 rings (SSSR count). The van der Waals surface area contributed by atoms with Gasteiger partial charge in [-0.2, -0.15) is 0 Å². The molecule has 0 aliphatic carbocycles. The number of carbonyl (C=O) groups excluding carboxylic acids is 1. The Morgan fingerprint density at radius 1 is 1.13 bits per heavy atom. The summed E-state index contributed by atoms with van der Waals surface area (Å²) in [6.07, 6.45) is 0. The second-order valence-corrected chi connectivity index (χ2v) is 6.20. The van der Waals surface area contributed by atoms with Gasteiger partial charge in [0.25, 0.3) is 5.91 Å². The number of halogens is 2. The summed E-state index contributed by atoms with van der Waals surface area (Å²) in [7, 11) is 0. The zero-order valence-corrected chi connectivity index (χ0v) is 15.8. The van der Waals surface area contributed by atoms with Crippen LogP contribution in [0.1, 0.15) is 24.2 Å². The fourth-order valence-corrected chi connectivity index (χ4v) is 2.76. The molecule has 0 unspecified atom stereocenters. The summed E-state index contributed by atoms with van der Waals surface area (Å²) in [5.41, 5.74) is 1.08. The lowest BCUT2D eigenvalue weighted by Gasteiger charge is -2.14. The van der Waals surface area contributed by atoms with Crippen molar-refractivity contribution in [3.8, 4) is 11.5 Å². The van der Waals surface area contributed by atoms with Crippen LogP contribution in [0.15, 0.2) is 36.4 Å². The van der Waals surface area contributed by atoms with E-state index in [9.17, 15) is 4.79 Å². The molecule has 0 atom stereocenters. The first-order chi connectivity index (χ1) is 11.0. The van der Waals surface area contributed by atoms with Crippen LogP contribution in [0.4, 0.5) is 5.69 Å². The van der Waals surface area contributed by atoms with E-state index in [2.05, 4.69) is 27.9 Å². The van der Waals surface area contributed by atoms with Gasteiger partial charge in [0, 0.05) is 14.7 Å². The van der Waals surface area contributed by atoms with E-state index in [1.165, 1.54) is 0 Å². The number of rotatable bonds is 6. The highest BCUT2D eigenvalue weighted by Crippen LogP contribution is 2.30. The van der Waals surface area contributed by atoms with Gasteiger partial charge < -0.3 is 14.8 Å². The molecule has 6 heteroatoms. The van der Waals surface area contributed by atoms with Crippen molar-refractivity contribution in [1.29, 1.82) is 0 Å². The Balaban J connectivity index is 2.31. The van der Waals surface area contributed by atoms with Gasteiger partial charge in [-0.05, 0) is 66.8 Å². The van der Waals surface area contributed by atoms with Gasteiger partial charge in [0.15, 0.2) is 0 Å². The molecule has 0 fully saturated rings. The quantitative estimate of drug-likeness (QED) is 0.637. The number of carbonyl (C=O) groups is 1. The van der Waals surface area contributed by atoms with Crippen LogP contribution in [-0.4, -0.2) is 19.1 Å². The Labute approximate surface area is 154 Å². The first-order valence-corrected chi connectivity index (χ1v) is 8.66. The summed E-state index contributed by atoms with van der Waals surface area (Å²) in [4.78, 5) is 12.5. The highest BCUT2D eigenvalue weighted by atomic mass is 127. The number of nitrogens with one attached hydrogen (secondary N) is 1. The van der Waals surface area contributed by atoms with Gasteiger partial charge in [0.1, 0.15) is 11.5 Å². The van der Waals surface area contributed by atoms with E-state index in [1.54, 1.807) is 30.3 Å². The smallest absolute Gasteiger partial charge is 0.256 e. The van der Waals surface area contributed by atoms with Crippen LogP contribution in [0.3, 0.4) is 0 Å². The first kappa shape index (κ1) is 17.9. The Hall–Kier alpha value is -1.47. The van der Waals surface area contributed by atoms with Gasteiger partial charge >= 0.3 is 0 Å². The SMILES string of the molecule is CCOc1ccc(OCC)c(NC(=O)c2cc(Cl)ccc2I)c1. The van der Waals surface area contributed by atoms with Crippen LogP contribution >= 0.6 is 34.2 Å². The van der Waals surface area contributed by atoms with Gasteiger partial charge in [-0.25, -0.2) is 0 Å². The minimum Gasteiger partial charge on any atom is -0.494 e. The lowest BCUT2D eigenvalue weighted by Crippen LogP contribution is -2.14. The van der Waals surface area contributed by atoms with Crippen molar-refractivity contribution in [2.24, 2.45) is 0 Å². The van der Waals surface area contributed by atoms with E-state index in [1.807, 2.05) is 19.9 Å². The third kappa shape index (κ3) is 4.75. The molecule has 0 saturated carbocycles. The van der Waals surface area contributed by atoms with Crippen molar-refractivity contribution in [2.75, 3.05) is 18.5 Å². The Kier molecular flexibility index (Phi) is 6.53. The number of hydrogen-bond acceptors (Lipinski definition) is 3. The molecule has 1 amide bonds. The Bertz CT molecular complexity index is 706. The normalized spacial score (nSPS) is 10.3. The predicted octanol–water partition coefficient (Wildman–Crippen LogP) is 4.99. The molecule has 0 bridgehead atoms. The van der Waals surface area contributed by atoms with Gasteiger partial charge in [0.2, 0.25) is 0 Å². The van der Waals surface area contributed by atoms with E-state index >= 15 is 0 Å². The van der Waals surface area contributed by atoms with E-state index in [0.717, 1.165) is 3.57 Å². The van der Waals surface area contributed by atoms with Gasteiger partial charge in [0.05, 0.1) is 24.5 Å². The summed E-state index contributed by atoms with van der Waals surface area (Å²) < 4.78 is 11.9. The molecule has 0 spiro atoms. The van der Waals surface area contributed by atoms with Crippen LogP contribution in [0.2, 0.25) is 5.02 Å². The summed E-state index contributed by atoms with van der Waals surface area (Å²) >= 11 is 8.09. The second-order valence-electron chi connectivity index (χ2n) is 4.60. The van der Waals surface area contributed by atoms with Crippen molar-refractivity contribution in [3.05, 3.63) is 50.6 Å². The van der Waals surface area contributed by atoms with Crippen LogP contribution in [0.5, 0.6) is 11.5 Å². The average molecular weight is 446 g/mol. The van der Waals surface area contributed by atoms with Crippen LogP contribution in [0.25, 0.3) is 0 Å². The number of amides is 1. The molecule has 4 nitrogen and oxygen atoms in total. The van der Waals surface area contributed by atoms with Crippen molar-refractivity contribution < 1.29 is 14.3 Å². The first-order valence-electron chi connectivity index (χ1n) is 7.21. The van der Waals surface area contributed by atoms with E-state index in [0.29, 0.717) is 41.0 Å². The minimum atomic E-state index is -0.244. The highest BCUT2D eigenvalue weighted by Gasteiger charge is 2.14. The zero-order chi connectivity index (χ0) is 16.8. The van der Waals surface area contributed by atoms with Crippen LogP contribution < -0.4 is 14.8 Å². The largest absolute Gasteiger partial charge is 0.494 e. The van der Waals surface area contributed by atoms with E-state index in [-0.39, 0.29) is 5.91 Å². The van der Waals surface area contributed by atoms with Crippen LogP contribution in [-0.2, 0) is 0 Å². The Morgan fingerprint density at radius 3 is 2.57 bits per heavy atom. The maximum absolute atomic E-state index is 12.5. The minimum absolute atomic E-state index is 0.244. The van der Waals surface area contributed by atoms with Crippen molar-refractivity contribution in [2.45, 2.75) is 13.8 Å². The molecule has 0 aliphatic rings. The molecule has 0 aliphatic heterocycles. The van der Waals surface area contributed by atoms with Gasteiger partial charge in [-0.1, -0.05) is 11.6 Å². The lowest BCUT2D eigenvalue weighted by molar-refractivity contribution is 0.102. The predicted molar refractivity (Wildman–Crippen MR) is 101 cm³/mol. The summed E-state index contributed by atoms with van der Waals surface area (Å²) in [5, 5.41) is 3.39. The molecule has 0 aromatic heterocycles. The molecular formula is C17H17ClINO3. The zero-order valence-electron chi connectivity index (χ0n) is 12.9. The van der Waals surface area contributed by atoms with Crippen molar-refractivity contribution in [3.63, 3.8) is 0 Å². The lowest BCUT2D eigenvalue weighted by atomic mass is 10.2. The van der Waals surface area contributed by atoms with E-state index < -0.39 is 0 Å². The van der Waals surface area contributed by atoms with Gasteiger partial charge in [-0.15, -0.1) is 0 Å². The summed E-state index contributed by atoms with van der Waals surface area (Å²) in [6.45, 7) is 4.85. The number of hydrogen-bond donors (Lipinski definition) is 1. The maximum atomic E-state index is 12.5. The van der Waals surface area contributed by atoms with E-state index in [4.69, 9.17) is 21.1 Å². The fraction of sp³-hybridized carbons (Fsp3) is 0.235. The molecule has 1 N–H and O–H groups in total. The molecule has 0 saturated heterocycles. The molecular weight excluding hydrogens is 429 g/mol. The molecule has 0 radical (unpaired) electrons. The molecule has 122 valence electrons. The Morgan fingerprint density at radius 2 is 1.87 bits per heavy atom. The molecule has 23 heavy (non-hydrogen) atoms. The van der Waals surface area contributed by atoms with Crippen molar-refractivity contribution in [1.82, 2.24) is 0 Å². The molecule has 2 aromatic carbocycles. The summed E-state index contributed by atoms with van der Waals surface area (Å²) in [5.74, 6) is 1.03. The van der Waals surface area contributed by atoms with Crippen molar-refractivity contribution >= 4 is 45.8 Å². The van der Waals surface area contributed by atoms with Crippen LogP contribution in [0, 0.1) is 3.57 Å². The number of ether oxygens (including phenoxy) is 2. The molecule has 0 heterocycles. The number of benzene rings is 2. The third-order valence-electron chi connectivity index (χ3n) is 2.98. The monoisotopic (exact) mass is 445 g/mol. The topological polar surface area (TPSA) is 47.6 Å². The summed E-state index contributed by atoms with van der Waals surface area (Å²) in [6, 6.07) is 10.6. The molecule has 2 aromatic rings. The maximum Gasteiger partial charge on any atom is 0.256 e. The fourth-order valence-electron chi connectivity index (χ4n) is 2.01. The average Bonchev–Trinajstić information content (AvgIpc) is 2.52. The van der Waals surface area contributed by atoms with Gasteiger partial charge in [-0.3, -0.25) is 4.79 Å². The second kappa shape index (κ2) is 8.40. The standard InChI is InChI=1S/C17H17ClINO3/c1-3-22-12-6-8-16(23-4-2)15(10-12)20-17(21)13-9-11(18)5-7-14(13)19/h5-10H,3-4H2,1-2H3,(H,20,21). The third-order valence-corrected chi connectivity index (χ3v) is 4.16.